The summed E-state index contributed by atoms with van der Waals surface area (Å²) in [7, 11) is 0. The normalized spacial score (nSPS) is 10.6. The highest BCUT2D eigenvalue weighted by Gasteiger charge is 2.18. The molecule has 0 aliphatic carbocycles. The zero-order valence-corrected chi connectivity index (χ0v) is 16.4. The minimum Gasteiger partial charge on any atom is -0.322 e. The van der Waals surface area contributed by atoms with Crippen LogP contribution < -0.4 is 5.32 Å². The monoisotopic (exact) mass is 400 g/mol. The van der Waals surface area contributed by atoms with E-state index in [0.717, 1.165) is 16.7 Å². The van der Waals surface area contributed by atoms with Gasteiger partial charge in [0, 0.05) is 40.4 Å². The average molecular weight is 401 g/mol. The van der Waals surface area contributed by atoms with Crippen LogP contribution in [0.3, 0.4) is 0 Å². The molecule has 4 rings (SSSR count). The SMILES string of the molecule is Cc1c(Cl)cccc1NC(=O)c1cnc(-c2ccccc2)nc1-c1ccncc1. The first-order valence-corrected chi connectivity index (χ1v) is 9.40. The minimum absolute atomic E-state index is 0.304. The summed E-state index contributed by atoms with van der Waals surface area (Å²) >= 11 is 6.18. The Bertz CT molecular complexity index is 1160. The molecule has 1 amide bonds. The number of pyridine rings is 1. The van der Waals surface area contributed by atoms with Crippen LogP contribution in [0.15, 0.2) is 79.3 Å². The van der Waals surface area contributed by atoms with Crippen molar-refractivity contribution in [2.24, 2.45) is 0 Å². The first kappa shape index (κ1) is 18.8. The maximum Gasteiger partial charge on any atom is 0.259 e. The van der Waals surface area contributed by atoms with E-state index in [4.69, 9.17) is 16.6 Å². The predicted octanol–water partition coefficient (Wildman–Crippen LogP) is 5.42. The minimum atomic E-state index is -0.304. The Morgan fingerprint density at radius 2 is 1.69 bits per heavy atom. The van der Waals surface area contributed by atoms with Gasteiger partial charge in [0.05, 0.1) is 11.3 Å². The van der Waals surface area contributed by atoms with E-state index in [1.54, 1.807) is 30.7 Å². The van der Waals surface area contributed by atoms with E-state index in [1.165, 1.54) is 0 Å². The maximum absolute atomic E-state index is 13.1. The number of carbonyl (C=O) groups excluding carboxylic acids is 1. The molecule has 5 nitrogen and oxygen atoms in total. The van der Waals surface area contributed by atoms with Crippen LogP contribution in [-0.2, 0) is 0 Å². The summed E-state index contributed by atoms with van der Waals surface area (Å²) in [5, 5.41) is 3.51. The molecule has 6 heteroatoms. The van der Waals surface area contributed by atoms with Gasteiger partial charge < -0.3 is 5.32 Å². The van der Waals surface area contributed by atoms with Crippen LogP contribution >= 0.6 is 11.6 Å². The molecule has 0 saturated heterocycles. The van der Waals surface area contributed by atoms with Crippen molar-refractivity contribution in [3.63, 3.8) is 0 Å². The third kappa shape index (κ3) is 4.00. The highest BCUT2D eigenvalue weighted by Crippen LogP contribution is 2.27. The molecule has 2 heterocycles. The lowest BCUT2D eigenvalue weighted by molar-refractivity contribution is 0.102. The standard InChI is InChI=1S/C23H17ClN4O/c1-15-19(24)8-5-9-20(15)27-23(29)18-14-26-22(17-6-3-2-4-7-17)28-21(18)16-10-12-25-13-11-16/h2-14H,1H3,(H,27,29). The van der Waals surface area contributed by atoms with E-state index < -0.39 is 0 Å². The lowest BCUT2D eigenvalue weighted by atomic mass is 10.1. The van der Waals surface area contributed by atoms with Gasteiger partial charge in [-0.05, 0) is 36.8 Å². The van der Waals surface area contributed by atoms with Gasteiger partial charge in [0.15, 0.2) is 5.82 Å². The molecule has 0 bridgehead atoms. The van der Waals surface area contributed by atoms with Crippen molar-refractivity contribution in [1.82, 2.24) is 15.0 Å². The van der Waals surface area contributed by atoms with Crippen LogP contribution in [0.1, 0.15) is 15.9 Å². The molecule has 2 aromatic heterocycles. The zero-order chi connectivity index (χ0) is 20.2. The second-order valence-electron chi connectivity index (χ2n) is 6.42. The summed E-state index contributed by atoms with van der Waals surface area (Å²) < 4.78 is 0. The maximum atomic E-state index is 13.1. The van der Waals surface area contributed by atoms with Gasteiger partial charge in [0.1, 0.15) is 0 Å². The molecule has 0 spiro atoms. The van der Waals surface area contributed by atoms with Crippen LogP contribution in [0, 0.1) is 6.92 Å². The van der Waals surface area contributed by atoms with Crippen LogP contribution in [0.5, 0.6) is 0 Å². The Hall–Kier alpha value is -3.57. The van der Waals surface area contributed by atoms with Gasteiger partial charge in [0.25, 0.3) is 5.91 Å². The Labute approximate surface area is 173 Å². The molecule has 4 aromatic rings. The number of rotatable bonds is 4. The quantitative estimate of drug-likeness (QED) is 0.496. The van der Waals surface area contributed by atoms with Gasteiger partial charge in [-0.15, -0.1) is 0 Å². The molecular formula is C23H17ClN4O. The number of anilines is 1. The van der Waals surface area contributed by atoms with Gasteiger partial charge in [0.2, 0.25) is 0 Å². The molecule has 2 aromatic carbocycles. The number of amides is 1. The molecule has 0 fully saturated rings. The Kier molecular flexibility index (Phi) is 5.31. The fourth-order valence-corrected chi connectivity index (χ4v) is 3.11. The third-order valence-electron chi connectivity index (χ3n) is 4.54. The Morgan fingerprint density at radius 3 is 2.45 bits per heavy atom. The third-order valence-corrected chi connectivity index (χ3v) is 4.94. The van der Waals surface area contributed by atoms with Gasteiger partial charge in [-0.2, -0.15) is 0 Å². The van der Waals surface area contributed by atoms with Gasteiger partial charge in [-0.25, -0.2) is 9.97 Å². The number of hydrogen-bond donors (Lipinski definition) is 1. The lowest BCUT2D eigenvalue weighted by Crippen LogP contribution is -2.15. The number of nitrogens with zero attached hydrogens (tertiary/aromatic N) is 3. The largest absolute Gasteiger partial charge is 0.322 e. The van der Waals surface area contributed by atoms with Gasteiger partial charge in [-0.3, -0.25) is 9.78 Å². The van der Waals surface area contributed by atoms with E-state index in [0.29, 0.717) is 27.8 Å². The highest BCUT2D eigenvalue weighted by atomic mass is 35.5. The molecule has 29 heavy (non-hydrogen) atoms. The van der Waals surface area contributed by atoms with Crippen molar-refractivity contribution in [1.29, 1.82) is 0 Å². The molecule has 142 valence electrons. The summed E-state index contributed by atoms with van der Waals surface area (Å²) in [5.74, 6) is 0.245. The predicted molar refractivity (Wildman–Crippen MR) is 115 cm³/mol. The number of aromatic nitrogens is 3. The molecule has 0 saturated carbocycles. The molecule has 1 N–H and O–H groups in total. The summed E-state index contributed by atoms with van der Waals surface area (Å²) in [6, 6.07) is 18.7. The van der Waals surface area contributed by atoms with Crippen molar-refractivity contribution in [2.45, 2.75) is 6.92 Å². The Morgan fingerprint density at radius 1 is 0.931 bits per heavy atom. The average Bonchev–Trinajstić information content (AvgIpc) is 2.77. The van der Waals surface area contributed by atoms with Crippen molar-refractivity contribution in [3.05, 3.63) is 95.4 Å². The first-order valence-electron chi connectivity index (χ1n) is 9.03. The zero-order valence-electron chi connectivity index (χ0n) is 15.6. The van der Waals surface area contributed by atoms with Crippen LogP contribution in [0.2, 0.25) is 5.02 Å². The second-order valence-corrected chi connectivity index (χ2v) is 6.83. The van der Waals surface area contributed by atoms with Gasteiger partial charge in [-0.1, -0.05) is 48.0 Å². The molecule has 0 aliphatic heterocycles. The van der Waals surface area contributed by atoms with E-state index in [2.05, 4.69) is 15.3 Å². The first-order chi connectivity index (χ1) is 14.1. The number of carbonyl (C=O) groups is 1. The fourth-order valence-electron chi connectivity index (χ4n) is 2.94. The van der Waals surface area contributed by atoms with Crippen molar-refractivity contribution >= 4 is 23.2 Å². The van der Waals surface area contributed by atoms with Crippen molar-refractivity contribution in [3.8, 4) is 22.6 Å². The number of nitrogens with one attached hydrogen (secondary N) is 1. The highest BCUT2D eigenvalue weighted by molar-refractivity contribution is 6.31. The van der Waals surface area contributed by atoms with Crippen molar-refractivity contribution in [2.75, 3.05) is 5.32 Å². The van der Waals surface area contributed by atoms with E-state index >= 15 is 0 Å². The summed E-state index contributed by atoms with van der Waals surface area (Å²) in [6.07, 6.45) is 4.89. The van der Waals surface area contributed by atoms with E-state index in [-0.39, 0.29) is 5.91 Å². The molecular weight excluding hydrogens is 384 g/mol. The topological polar surface area (TPSA) is 67.8 Å². The summed E-state index contributed by atoms with van der Waals surface area (Å²) in [5.41, 5.74) is 4.02. The summed E-state index contributed by atoms with van der Waals surface area (Å²) in [4.78, 5) is 26.2. The summed E-state index contributed by atoms with van der Waals surface area (Å²) in [6.45, 7) is 1.86. The van der Waals surface area contributed by atoms with Crippen LogP contribution in [-0.4, -0.2) is 20.9 Å². The van der Waals surface area contributed by atoms with Crippen LogP contribution in [0.25, 0.3) is 22.6 Å². The van der Waals surface area contributed by atoms with E-state index in [1.807, 2.05) is 55.5 Å². The van der Waals surface area contributed by atoms with Crippen LogP contribution in [0.4, 0.5) is 5.69 Å². The number of hydrogen-bond acceptors (Lipinski definition) is 4. The fraction of sp³-hybridized carbons (Fsp3) is 0.0435. The number of benzene rings is 2. The molecule has 0 atom stereocenters. The Balaban J connectivity index is 1.78. The molecule has 0 unspecified atom stereocenters. The van der Waals surface area contributed by atoms with E-state index in [9.17, 15) is 4.79 Å². The van der Waals surface area contributed by atoms with Gasteiger partial charge >= 0.3 is 0 Å². The second kappa shape index (κ2) is 8.20. The van der Waals surface area contributed by atoms with Crippen molar-refractivity contribution < 1.29 is 4.79 Å². The smallest absolute Gasteiger partial charge is 0.259 e. The lowest BCUT2D eigenvalue weighted by Gasteiger charge is -2.13. The molecule has 0 radical (unpaired) electrons. The molecule has 0 aliphatic rings. The number of halogens is 1.